The second kappa shape index (κ2) is 7.41. The number of carbonyl (C=O) groups is 1. The molecular weight excluding hydrogens is 273 g/mol. The summed E-state index contributed by atoms with van der Waals surface area (Å²) in [6, 6.07) is 4.51. The van der Waals surface area contributed by atoms with Gasteiger partial charge in [0, 0.05) is 12.5 Å². The molecule has 0 radical (unpaired) electrons. The Balaban J connectivity index is 2.67. The molecule has 1 N–H and O–H groups in total. The van der Waals surface area contributed by atoms with E-state index in [4.69, 9.17) is 9.47 Å². The van der Waals surface area contributed by atoms with Gasteiger partial charge in [-0.1, -0.05) is 0 Å². The van der Waals surface area contributed by atoms with Crippen molar-refractivity contribution in [1.29, 1.82) is 0 Å². The lowest BCUT2D eigenvalue weighted by Gasteiger charge is -2.30. The number of hydrogen-bond donors (Lipinski definition) is 1. The SMILES string of the molecule is COC(=O)C(C)(CCOc1ccc(F)cc1C)NC(C)C. The lowest BCUT2D eigenvalue weighted by atomic mass is 9.97. The highest BCUT2D eigenvalue weighted by molar-refractivity contribution is 5.80. The zero-order chi connectivity index (χ0) is 16.0. The van der Waals surface area contributed by atoms with Crippen molar-refractivity contribution in [2.45, 2.75) is 45.7 Å². The largest absolute Gasteiger partial charge is 0.493 e. The van der Waals surface area contributed by atoms with Crippen molar-refractivity contribution in [2.75, 3.05) is 13.7 Å². The van der Waals surface area contributed by atoms with E-state index in [-0.39, 0.29) is 17.8 Å². The highest BCUT2D eigenvalue weighted by Crippen LogP contribution is 2.20. The topological polar surface area (TPSA) is 47.6 Å². The van der Waals surface area contributed by atoms with Crippen LogP contribution in [-0.2, 0) is 9.53 Å². The van der Waals surface area contributed by atoms with Crippen LogP contribution in [0.15, 0.2) is 18.2 Å². The Kier molecular flexibility index (Phi) is 6.15. The zero-order valence-electron chi connectivity index (χ0n) is 13.3. The first kappa shape index (κ1) is 17.4. The Morgan fingerprint density at radius 3 is 2.62 bits per heavy atom. The van der Waals surface area contributed by atoms with Gasteiger partial charge in [-0.25, -0.2) is 4.39 Å². The maximum absolute atomic E-state index is 13.0. The summed E-state index contributed by atoms with van der Waals surface area (Å²) in [7, 11) is 1.37. The van der Waals surface area contributed by atoms with Crippen molar-refractivity contribution >= 4 is 5.97 Å². The fraction of sp³-hybridized carbons (Fsp3) is 0.562. The number of aryl methyl sites for hydroxylation is 1. The van der Waals surface area contributed by atoms with Gasteiger partial charge in [0.2, 0.25) is 0 Å². The smallest absolute Gasteiger partial charge is 0.325 e. The molecule has 0 heterocycles. The van der Waals surface area contributed by atoms with E-state index >= 15 is 0 Å². The summed E-state index contributed by atoms with van der Waals surface area (Å²) in [5, 5.41) is 3.20. The first-order chi connectivity index (χ1) is 9.78. The van der Waals surface area contributed by atoms with Crippen molar-refractivity contribution in [3.05, 3.63) is 29.6 Å². The van der Waals surface area contributed by atoms with Crippen molar-refractivity contribution in [1.82, 2.24) is 5.32 Å². The summed E-state index contributed by atoms with van der Waals surface area (Å²) in [6.45, 7) is 7.83. The maximum Gasteiger partial charge on any atom is 0.325 e. The highest BCUT2D eigenvalue weighted by Gasteiger charge is 2.34. The van der Waals surface area contributed by atoms with E-state index in [1.54, 1.807) is 19.9 Å². The molecule has 0 aliphatic rings. The number of benzene rings is 1. The molecular formula is C16H24FNO3. The molecule has 0 fully saturated rings. The van der Waals surface area contributed by atoms with Crippen LogP contribution < -0.4 is 10.1 Å². The number of carbonyl (C=O) groups excluding carboxylic acids is 1. The summed E-state index contributed by atoms with van der Waals surface area (Å²) in [5.74, 6) is 0.00418. The third-order valence-corrected chi connectivity index (χ3v) is 3.24. The Morgan fingerprint density at radius 2 is 2.10 bits per heavy atom. The molecule has 0 aromatic heterocycles. The van der Waals surface area contributed by atoms with Crippen molar-refractivity contribution in [2.24, 2.45) is 0 Å². The van der Waals surface area contributed by atoms with Gasteiger partial charge in [-0.15, -0.1) is 0 Å². The third kappa shape index (κ3) is 5.01. The van der Waals surface area contributed by atoms with E-state index in [2.05, 4.69) is 5.32 Å². The number of hydrogen-bond acceptors (Lipinski definition) is 4. The average molecular weight is 297 g/mol. The molecule has 1 unspecified atom stereocenters. The summed E-state index contributed by atoms with van der Waals surface area (Å²) in [5.41, 5.74) is -0.0804. The summed E-state index contributed by atoms with van der Waals surface area (Å²) in [6.07, 6.45) is 0.453. The van der Waals surface area contributed by atoms with Gasteiger partial charge < -0.3 is 9.47 Å². The predicted octanol–water partition coefficient (Wildman–Crippen LogP) is 2.83. The quantitative estimate of drug-likeness (QED) is 0.786. The second-order valence-corrected chi connectivity index (χ2v) is 5.63. The van der Waals surface area contributed by atoms with E-state index in [1.807, 2.05) is 13.8 Å². The van der Waals surface area contributed by atoms with Crippen LogP contribution in [-0.4, -0.2) is 31.3 Å². The van der Waals surface area contributed by atoms with Gasteiger partial charge in [-0.3, -0.25) is 10.1 Å². The van der Waals surface area contributed by atoms with E-state index in [0.29, 0.717) is 18.8 Å². The van der Waals surface area contributed by atoms with Gasteiger partial charge in [0.05, 0.1) is 13.7 Å². The van der Waals surface area contributed by atoms with Gasteiger partial charge in [-0.05, 0) is 51.5 Å². The number of nitrogens with one attached hydrogen (secondary N) is 1. The average Bonchev–Trinajstić information content (AvgIpc) is 2.39. The van der Waals surface area contributed by atoms with Crippen LogP contribution in [0.2, 0.25) is 0 Å². The Morgan fingerprint density at radius 1 is 1.43 bits per heavy atom. The Bertz CT molecular complexity index is 490. The van der Waals surface area contributed by atoms with Gasteiger partial charge >= 0.3 is 5.97 Å². The molecule has 21 heavy (non-hydrogen) atoms. The lowest BCUT2D eigenvalue weighted by Crippen LogP contribution is -2.53. The zero-order valence-corrected chi connectivity index (χ0v) is 13.3. The monoisotopic (exact) mass is 297 g/mol. The molecule has 0 saturated carbocycles. The number of ether oxygens (including phenoxy) is 2. The van der Waals surface area contributed by atoms with Gasteiger partial charge in [0.15, 0.2) is 0 Å². The predicted molar refractivity (Wildman–Crippen MR) is 79.9 cm³/mol. The van der Waals surface area contributed by atoms with Crippen molar-refractivity contribution in [3.8, 4) is 5.75 Å². The van der Waals surface area contributed by atoms with Crippen molar-refractivity contribution < 1.29 is 18.7 Å². The molecule has 1 atom stereocenters. The molecule has 0 aliphatic carbocycles. The molecule has 1 rings (SSSR count). The molecule has 0 spiro atoms. The highest BCUT2D eigenvalue weighted by atomic mass is 19.1. The molecule has 5 heteroatoms. The van der Waals surface area contributed by atoms with E-state index in [9.17, 15) is 9.18 Å². The van der Waals surface area contributed by atoms with Crippen molar-refractivity contribution in [3.63, 3.8) is 0 Å². The molecule has 1 aromatic carbocycles. The van der Waals surface area contributed by atoms with E-state index in [0.717, 1.165) is 5.56 Å². The molecule has 4 nitrogen and oxygen atoms in total. The number of rotatable bonds is 7. The minimum Gasteiger partial charge on any atom is -0.493 e. The molecule has 0 saturated heterocycles. The second-order valence-electron chi connectivity index (χ2n) is 5.63. The van der Waals surface area contributed by atoms with Gasteiger partial charge in [-0.2, -0.15) is 0 Å². The molecule has 118 valence electrons. The Hall–Kier alpha value is -1.62. The number of esters is 1. The van der Waals surface area contributed by atoms with E-state index < -0.39 is 5.54 Å². The van der Waals surface area contributed by atoms with Crippen LogP contribution in [0.3, 0.4) is 0 Å². The third-order valence-electron chi connectivity index (χ3n) is 3.24. The molecule has 0 bridgehead atoms. The minimum atomic E-state index is -0.809. The summed E-state index contributed by atoms with van der Waals surface area (Å²) < 4.78 is 23.5. The molecule has 1 aromatic rings. The van der Waals surface area contributed by atoms with E-state index in [1.165, 1.54) is 19.2 Å². The van der Waals surface area contributed by atoms with Crippen LogP contribution >= 0.6 is 0 Å². The fourth-order valence-electron chi connectivity index (χ4n) is 2.24. The van der Waals surface area contributed by atoms with Crippen LogP contribution in [0.4, 0.5) is 4.39 Å². The van der Waals surface area contributed by atoms with Crippen LogP contribution in [0.25, 0.3) is 0 Å². The molecule has 0 amide bonds. The number of methoxy groups -OCH3 is 1. The summed E-state index contributed by atoms with van der Waals surface area (Å²) in [4.78, 5) is 11.9. The lowest BCUT2D eigenvalue weighted by molar-refractivity contribution is -0.148. The minimum absolute atomic E-state index is 0.140. The fourth-order valence-corrected chi connectivity index (χ4v) is 2.24. The van der Waals surface area contributed by atoms with Crippen LogP contribution in [0, 0.1) is 12.7 Å². The standard InChI is InChI=1S/C16H24FNO3/c1-11(2)18-16(4,15(19)20-5)8-9-21-14-7-6-13(17)10-12(14)3/h6-7,10-11,18H,8-9H2,1-5H3. The molecule has 0 aliphatic heterocycles. The van der Waals surface area contributed by atoms with Crippen LogP contribution in [0.1, 0.15) is 32.8 Å². The maximum atomic E-state index is 13.0. The first-order valence-electron chi connectivity index (χ1n) is 7.03. The van der Waals surface area contributed by atoms with Gasteiger partial charge in [0.25, 0.3) is 0 Å². The normalized spacial score (nSPS) is 13.9. The summed E-state index contributed by atoms with van der Waals surface area (Å²) >= 11 is 0. The van der Waals surface area contributed by atoms with Gasteiger partial charge in [0.1, 0.15) is 17.1 Å². The number of halogens is 1. The Labute approximate surface area is 125 Å². The van der Waals surface area contributed by atoms with Crippen LogP contribution in [0.5, 0.6) is 5.75 Å². The first-order valence-corrected chi connectivity index (χ1v) is 7.03.